The van der Waals surface area contributed by atoms with Crippen LogP contribution in [-0.4, -0.2) is 46.3 Å². The van der Waals surface area contributed by atoms with Crippen LogP contribution in [-0.2, 0) is 23.1 Å². The molecule has 40 heavy (non-hydrogen) atoms. The van der Waals surface area contributed by atoms with Crippen molar-refractivity contribution in [2.45, 2.75) is 51.6 Å². The quantitative estimate of drug-likeness (QED) is 0.265. The molecule has 1 atom stereocenters. The Bertz CT molecular complexity index is 1480. The van der Waals surface area contributed by atoms with E-state index in [0.29, 0.717) is 16.7 Å². The first-order valence-electron chi connectivity index (χ1n) is 13.3. The minimum atomic E-state index is -1.72. The number of benzene rings is 3. The van der Waals surface area contributed by atoms with Crippen LogP contribution in [0.5, 0.6) is 0 Å². The molecule has 206 valence electrons. The van der Waals surface area contributed by atoms with Crippen LogP contribution in [0.3, 0.4) is 0 Å². The number of nitrogens with one attached hydrogen (secondary N) is 1. The summed E-state index contributed by atoms with van der Waals surface area (Å²) in [5, 5.41) is 20.5. The standard InChI is InChI=1S/C33H33NO6/c1-33(2,3)26-15-13-21(14-16-26)28(35)18-27(25-12-7-20-5-4-6-24(20)17-25)30(37)22-8-10-23(11-9-22)31(38)34-19-29(36)32(39)40/h7-18,29,36H,4-6,19H2,1-3H3,(H,34,38)(H,39,40)/b27-18-/t29-/m1/s1. The molecular formula is C33H33NO6. The van der Waals surface area contributed by atoms with Crippen molar-refractivity contribution >= 4 is 29.0 Å². The number of Topliss-reactive ketones (excluding diaryl/α,β-unsaturated/α-hetero) is 1. The van der Waals surface area contributed by atoms with Gasteiger partial charge in [0.1, 0.15) is 0 Å². The number of carbonyl (C=O) groups excluding carboxylic acids is 3. The largest absolute Gasteiger partial charge is 0.479 e. The van der Waals surface area contributed by atoms with E-state index < -0.39 is 24.5 Å². The van der Waals surface area contributed by atoms with Crippen LogP contribution in [0, 0.1) is 0 Å². The lowest BCUT2D eigenvalue weighted by atomic mass is 9.86. The second-order valence-electron chi connectivity index (χ2n) is 11.1. The summed E-state index contributed by atoms with van der Waals surface area (Å²) in [6.07, 6.45) is 2.64. The number of amides is 1. The van der Waals surface area contributed by atoms with E-state index in [1.807, 2.05) is 30.3 Å². The van der Waals surface area contributed by atoms with Crippen LogP contribution in [0.25, 0.3) is 5.57 Å². The number of rotatable bonds is 9. The molecule has 0 spiro atoms. The van der Waals surface area contributed by atoms with E-state index in [9.17, 15) is 24.3 Å². The van der Waals surface area contributed by atoms with Crippen molar-refractivity contribution in [2.24, 2.45) is 0 Å². The van der Waals surface area contributed by atoms with Crippen molar-refractivity contribution in [2.75, 3.05) is 6.54 Å². The SMILES string of the molecule is CC(C)(C)c1ccc(C(=O)/C=C(\C(=O)c2ccc(C(=O)NC[C@@H](O)C(=O)O)cc2)c2ccc3c(c2)CCC3)cc1. The maximum Gasteiger partial charge on any atom is 0.334 e. The Labute approximate surface area is 233 Å². The van der Waals surface area contributed by atoms with E-state index in [2.05, 4.69) is 26.1 Å². The number of aryl methyl sites for hydroxylation is 2. The van der Waals surface area contributed by atoms with Gasteiger partial charge >= 0.3 is 5.97 Å². The summed E-state index contributed by atoms with van der Waals surface area (Å²) in [5.74, 6) is -2.66. The number of carboxylic acids is 1. The zero-order chi connectivity index (χ0) is 29.0. The number of carbonyl (C=O) groups is 4. The second-order valence-corrected chi connectivity index (χ2v) is 11.1. The van der Waals surface area contributed by atoms with Crippen molar-refractivity contribution in [3.05, 3.63) is 112 Å². The van der Waals surface area contributed by atoms with Gasteiger partial charge in [-0.3, -0.25) is 14.4 Å². The lowest BCUT2D eigenvalue weighted by Crippen LogP contribution is -2.36. The highest BCUT2D eigenvalue weighted by Crippen LogP contribution is 2.29. The Kier molecular flexibility index (Phi) is 8.45. The third kappa shape index (κ3) is 6.61. The van der Waals surface area contributed by atoms with Gasteiger partial charge in [0.05, 0.1) is 6.54 Å². The molecule has 0 bridgehead atoms. The van der Waals surface area contributed by atoms with Crippen LogP contribution in [0.1, 0.15) is 80.5 Å². The normalized spacial score (nSPS) is 13.8. The molecule has 3 aromatic rings. The molecule has 0 saturated carbocycles. The number of allylic oxidation sites excluding steroid dienone is 2. The van der Waals surface area contributed by atoms with Crippen molar-refractivity contribution in [1.29, 1.82) is 0 Å². The first-order valence-corrected chi connectivity index (χ1v) is 13.3. The molecule has 0 aliphatic heterocycles. The van der Waals surface area contributed by atoms with Gasteiger partial charge in [0.25, 0.3) is 5.91 Å². The molecule has 0 heterocycles. The fourth-order valence-electron chi connectivity index (χ4n) is 4.68. The van der Waals surface area contributed by atoms with Gasteiger partial charge in [0.2, 0.25) is 0 Å². The van der Waals surface area contributed by atoms with E-state index in [1.54, 1.807) is 12.1 Å². The predicted molar refractivity (Wildman–Crippen MR) is 153 cm³/mol. The Hall–Kier alpha value is -4.36. The average molecular weight is 540 g/mol. The van der Waals surface area contributed by atoms with Gasteiger partial charge in [0.15, 0.2) is 17.7 Å². The van der Waals surface area contributed by atoms with Crippen molar-refractivity contribution in [3.63, 3.8) is 0 Å². The third-order valence-corrected chi connectivity index (χ3v) is 7.12. The molecule has 0 saturated heterocycles. The van der Waals surface area contributed by atoms with Crippen LogP contribution >= 0.6 is 0 Å². The number of aliphatic hydroxyl groups is 1. The highest BCUT2D eigenvalue weighted by Gasteiger charge is 2.21. The number of aliphatic hydroxyl groups excluding tert-OH is 1. The van der Waals surface area contributed by atoms with Crippen LogP contribution in [0.15, 0.2) is 72.8 Å². The fourth-order valence-corrected chi connectivity index (χ4v) is 4.68. The maximum atomic E-state index is 13.7. The number of carboxylic acid groups (broad SMARTS) is 1. The third-order valence-electron chi connectivity index (χ3n) is 7.12. The molecule has 0 unspecified atom stereocenters. The zero-order valence-corrected chi connectivity index (χ0v) is 22.9. The molecule has 1 aliphatic rings. The first-order chi connectivity index (χ1) is 18.9. The Balaban J connectivity index is 1.63. The first kappa shape index (κ1) is 28.6. The predicted octanol–water partition coefficient (Wildman–Crippen LogP) is 4.80. The Morgan fingerprint density at radius 3 is 2.02 bits per heavy atom. The number of hydrogen-bond acceptors (Lipinski definition) is 5. The second kappa shape index (κ2) is 11.8. The summed E-state index contributed by atoms with van der Waals surface area (Å²) in [7, 11) is 0. The van der Waals surface area contributed by atoms with Crippen LogP contribution < -0.4 is 5.32 Å². The van der Waals surface area contributed by atoms with Gasteiger partial charge in [-0.05, 0) is 65.1 Å². The molecule has 1 amide bonds. The molecular weight excluding hydrogens is 506 g/mol. The minimum Gasteiger partial charge on any atom is -0.479 e. The van der Waals surface area contributed by atoms with Gasteiger partial charge < -0.3 is 15.5 Å². The van der Waals surface area contributed by atoms with Crippen LogP contribution in [0.2, 0.25) is 0 Å². The highest BCUT2D eigenvalue weighted by molar-refractivity contribution is 6.32. The molecule has 3 aromatic carbocycles. The summed E-state index contributed by atoms with van der Waals surface area (Å²) in [4.78, 5) is 50.2. The number of aliphatic carboxylic acids is 1. The number of hydrogen-bond donors (Lipinski definition) is 3. The van der Waals surface area contributed by atoms with Gasteiger partial charge in [-0.2, -0.15) is 0 Å². The summed E-state index contributed by atoms with van der Waals surface area (Å²) in [6, 6.07) is 19.2. The number of fused-ring (bicyclic) bond motifs is 1. The smallest absolute Gasteiger partial charge is 0.334 e. The van der Waals surface area contributed by atoms with E-state index in [1.165, 1.54) is 41.5 Å². The minimum absolute atomic E-state index is 0.0535. The zero-order valence-electron chi connectivity index (χ0n) is 22.9. The van der Waals surface area contributed by atoms with Gasteiger partial charge in [0, 0.05) is 22.3 Å². The summed E-state index contributed by atoms with van der Waals surface area (Å²) in [6.45, 7) is 5.85. The van der Waals surface area contributed by atoms with Crippen molar-refractivity contribution < 1.29 is 29.4 Å². The van der Waals surface area contributed by atoms with E-state index in [-0.39, 0.29) is 28.1 Å². The van der Waals surface area contributed by atoms with Crippen molar-refractivity contribution in [3.8, 4) is 0 Å². The Morgan fingerprint density at radius 2 is 1.40 bits per heavy atom. The molecule has 4 rings (SSSR count). The molecule has 7 heteroatoms. The summed E-state index contributed by atoms with van der Waals surface area (Å²) in [5.41, 5.74) is 5.38. The molecule has 0 radical (unpaired) electrons. The fraction of sp³-hybridized carbons (Fsp3) is 0.273. The highest BCUT2D eigenvalue weighted by atomic mass is 16.4. The van der Waals surface area contributed by atoms with E-state index in [0.717, 1.165) is 24.8 Å². The molecule has 1 aliphatic carbocycles. The van der Waals surface area contributed by atoms with E-state index in [4.69, 9.17) is 5.11 Å². The summed E-state index contributed by atoms with van der Waals surface area (Å²) < 4.78 is 0. The Morgan fingerprint density at radius 1 is 0.825 bits per heavy atom. The monoisotopic (exact) mass is 539 g/mol. The topological polar surface area (TPSA) is 121 Å². The van der Waals surface area contributed by atoms with Crippen molar-refractivity contribution in [1.82, 2.24) is 5.32 Å². The van der Waals surface area contributed by atoms with E-state index >= 15 is 0 Å². The molecule has 0 aromatic heterocycles. The number of ketones is 2. The molecule has 0 fully saturated rings. The average Bonchev–Trinajstić information content (AvgIpc) is 3.41. The summed E-state index contributed by atoms with van der Waals surface area (Å²) >= 11 is 0. The van der Waals surface area contributed by atoms with Gasteiger partial charge in [-0.15, -0.1) is 0 Å². The van der Waals surface area contributed by atoms with Crippen LogP contribution in [0.4, 0.5) is 0 Å². The lowest BCUT2D eigenvalue weighted by molar-refractivity contribution is -0.146. The maximum absolute atomic E-state index is 13.7. The van der Waals surface area contributed by atoms with Gasteiger partial charge in [-0.1, -0.05) is 75.4 Å². The molecule has 7 nitrogen and oxygen atoms in total. The lowest BCUT2D eigenvalue weighted by Gasteiger charge is -2.18. The van der Waals surface area contributed by atoms with Gasteiger partial charge in [-0.25, -0.2) is 4.79 Å². The molecule has 3 N–H and O–H groups in total.